The van der Waals surface area contributed by atoms with Gasteiger partial charge >= 0.3 is 5.97 Å². The highest BCUT2D eigenvalue weighted by atomic mass is 16.5. The van der Waals surface area contributed by atoms with E-state index in [1.54, 1.807) is 39.5 Å². The van der Waals surface area contributed by atoms with Crippen molar-refractivity contribution in [3.63, 3.8) is 0 Å². The Morgan fingerprint density at radius 2 is 2.05 bits per heavy atom. The zero-order valence-electron chi connectivity index (χ0n) is 12.3. The third kappa shape index (κ3) is 3.13. The van der Waals surface area contributed by atoms with E-state index in [1.807, 2.05) is 4.90 Å². The van der Waals surface area contributed by atoms with Crippen LogP contribution in [0.5, 0.6) is 0 Å². The molecule has 2 unspecified atom stereocenters. The van der Waals surface area contributed by atoms with Crippen molar-refractivity contribution in [3.8, 4) is 0 Å². The molecule has 1 aromatic rings. The summed E-state index contributed by atoms with van der Waals surface area (Å²) in [4.78, 5) is 30.5. The molecule has 1 aromatic heterocycles. The Morgan fingerprint density at radius 1 is 1.33 bits per heavy atom. The van der Waals surface area contributed by atoms with Gasteiger partial charge in [-0.15, -0.1) is 0 Å². The number of aromatic nitrogens is 1. The molecule has 1 fully saturated rings. The number of pyridine rings is 1. The first-order valence-electron chi connectivity index (χ1n) is 6.63. The highest BCUT2D eigenvalue weighted by Crippen LogP contribution is 2.24. The fourth-order valence-electron chi connectivity index (χ4n) is 2.34. The number of ether oxygens (including phenoxy) is 1. The molecule has 1 aliphatic rings. The molecule has 0 radical (unpaired) electrons. The van der Waals surface area contributed by atoms with E-state index in [0.717, 1.165) is 5.69 Å². The highest BCUT2D eigenvalue weighted by molar-refractivity contribution is 5.92. The second-order valence-electron chi connectivity index (χ2n) is 5.26. The van der Waals surface area contributed by atoms with Crippen molar-refractivity contribution < 1.29 is 19.4 Å². The zero-order chi connectivity index (χ0) is 15.6. The first-order valence-corrected chi connectivity index (χ1v) is 6.63. The van der Waals surface area contributed by atoms with Crippen LogP contribution in [0.2, 0.25) is 0 Å². The van der Waals surface area contributed by atoms with Crippen molar-refractivity contribution in [1.82, 2.24) is 9.88 Å². The van der Waals surface area contributed by atoms with Gasteiger partial charge in [0.15, 0.2) is 0 Å². The van der Waals surface area contributed by atoms with Gasteiger partial charge in [-0.25, -0.2) is 0 Å². The van der Waals surface area contributed by atoms with Crippen LogP contribution in [0.1, 0.15) is 10.5 Å². The SMILES string of the molecule is CN(C)C(=O)c1cc(N(C)C2COCC2C(=O)O)ccn1. The number of carbonyl (C=O) groups is 2. The van der Waals surface area contributed by atoms with Crippen molar-refractivity contribution in [3.05, 3.63) is 24.0 Å². The van der Waals surface area contributed by atoms with E-state index in [4.69, 9.17) is 4.74 Å². The average molecular weight is 293 g/mol. The van der Waals surface area contributed by atoms with Crippen molar-refractivity contribution in [1.29, 1.82) is 0 Å². The number of carboxylic acids is 1. The molecule has 1 saturated heterocycles. The van der Waals surface area contributed by atoms with Gasteiger partial charge in [-0.2, -0.15) is 0 Å². The Hall–Kier alpha value is -2.15. The highest BCUT2D eigenvalue weighted by Gasteiger charge is 2.37. The van der Waals surface area contributed by atoms with Crippen LogP contribution in [0.3, 0.4) is 0 Å². The van der Waals surface area contributed by atoms with Crippen molar-refractivity contribution in [2.75, 3.05) is 39.3 Å². The summed E-state index contributed by atoms with van der Waals surface area (Å²) in [7, 11) is 5.12. The van der Waals surface area contributed by atoms with Crippen LogP contribution in [0.4, 0.5) is 5.69 Å². The van der Waals surface area contributed by atoms with Crippen LogP contribution in [0.15, 0.2) is 18.3 Å². The summed E-state index contributed by atoms with van der Waals surface area (Å²) < 4.78 is 5.28. The van der Waals surface area contributed by atoms with E-state index in [9.17, 15) is 14.7 Å². The van der Waals surface area contributed by atoms with Crippen LogP contribution in [0, 0.1) is 5.92 Å². The molecule has 7 nitrogen and oxygen atoms in total. The third-order valence-corrected chi connectivity index (χ3v) is 3.64. The van der Waals surface area contributed by atoms with E-state index in [0.29, 0.717) is 12.3 Å². The molecule has 2 heterocycles. The summed E-state index contributed by atoms with van der Waals surface area (Å²) in [6.45, 7) is 0.561. The lowest BCUT2D eigenvalue weighted by molar-refractivity contribution is -0.141. The molecular formula is C14H19N3O4. The fourth-order valence-corrected chi connectivity index (χ4v) is 2.34. The first kappa shape index (κ1) is 15.2. The molecule has 7 heteroatoms. The summed E-state index contributed by atoms with van der Waals surface area (Å²) in [5, 5.41) is 9.22. The standard InChI is InChI=1S/C14H19N3O4/c1-16(2)13(18)11-6-9(4-5-15-11)17(3)12-8-21-7-10(12)14(19)20/h4-6,10,12H,7-8H2,1-3H3,(H,19,20). The second-order valence-corrected chi connectivity index (χ2v) is 5.26. The van der Waals surface area contributed by atoms with Crippen LogP contribution >= 0.6 is 0 Å². The van der Waals surface area contributed by atoms with Gasteiger partial charge in [0.2, 0.25) is 0 Å². The van der Waals surface area contributed by atoms with E-state index in [-0.39, 0.29) is 18.6 Å². The minimum Gasteiger partial charge on any atom is -0.481 e. The second kappa shape index (κ2) is 6.09. The Balaban J connectivity index is 2.23. The Labute approximate surface area is 123 Å². The smallest absolute Gasteiger partial charge is 0.311 e. The van der Waals surface area contributed by atoms with Gasteiger partial charge in [0.1, 0.15) is 11.6 Å². The number of nitrogens with zero attached hydrogens (tertiary/aromatic N) is 3. The molecular weight excluding hydrogens is 274 g/mol. The van der Waals surface area contributed by atoms with Gasteiger partial charge < -0.3 is 19.6 Å². The molecule has 1 N–H and O–H groups in total. The molecule has 0 aromatic carbocycles. The summed E-state index contributed by atoms with van der Waals surface area (Å²) in [6, 6.07) is 3.16. The van der Waals surface area contributed by atoms with Crippen molar-refractivity contribution in [2.24, 2.45) is 5.92 Å². The quantitative estimate of drug-likeness (QED) is 0.861. The molecule has 0 bridgehead atoms. The maximum atomic E-state index is 11.9. The van der Waals surface area contributed by atoms with E-state index < -0.39 is 11.9 Å². The van der Waals surface area contributed by atoms with E-state index in [2.05, 4.69) is 4.98 Å². The van der Waals surface area contributed by atoms with Gasteiger partial charge in [0, 0.05) is 33.0 Å². The number of amides is 1. The van der Waals surface area contributed by atoms with Gasteiger partial charge in [0.05, 0.1) is 19.3 Å². The van der Waals surface area contributed by atoms with Crippen molar-refractivity contribution >= 4 is 17.6 Å². The molecule has 1 aliphatic heterocycles. The maximum Gasteiger partial charge on any atom is 0.311 e. The van der Waals surface area contributed by atoms with Crippen LogP contribution in [0.25, 0.3) is 0 Å². The number of anilines is 1. The van der Waals surface area contributed by atoms with Gasteiger partial charge in [-0.05, 0) is 12.1 Å². The molecule has 0 saturated carbocycles. The third-order valence-electron chi connectivity index (χ3n) is 3.64. The maximum absolute atomic E-state index is 11.9. The first-order chi connectivity index (χ1) is 9.91. The predicted molar refractivity (Wildman–Crippen MR) is 76.4 cm³/mol. The normalized spacial score (nSPS) is 21.1. The van der Waals surface area contributed by atoms with E-state index >= 15 is 0 Å². The Kier molecular flexibility index (Phi) is 4.42. The lowest BCUT2D eigenvalue weighted by atomic mass is 10.0. The van der Waals surface area contributed by atoms with Crippen LogP contribution in [-0.2, 0) is 9.53 Å². The number of aliphatic carboxylic acids is 1. The lowest BCUT2D eigenvalue weighted by Gasteiger charge is -2.28. The monoisotopic (exact) mass is 293 g/mol. The number of likely N-dealkylation sites (N-methyl/N-ethyl adjacent to an activating group) is 1. The predicted octanol–water partition coefficient (Wildman–Crippen LogP) is 0.319. The fraction of sp³-hybridized carbons (Fsp3) is 0.500. The average Bonchev–Trinajstić information content (AvgIpc) is 2.95. The van der Waals surface area contributed by atoms with Gasteiger partial charge in [-0.3, -0.25) is 14.6 Å². The molecule has 0 spiro atoms. The van der Waals surface area contributed by atoms with E-state index in [1.165, 1.54) is 4.90 Å². The summed E-state index contributed by atoms with van der Waals surface area (Å²) in [6.07, 6.45) is 1.55. The minimum absolute atomic E-state index is 0.192. The largest absolute Gasteiger partial charge is 0.481 e. The van der Waals surface area contributed by atoms with Crippen molar-refractivity contribution in [2.45, 2.75) is 6.04 Å². The van der Waals surface area contributed by atoms with Gasteiger partial charge in [-0.1, -0.05) is 0 Å². The zero-order valence-corrected chi connectivity index (χ0v) is 12.3. The Morgan fingerprint density at radius 3 is 2.67 bits per heavy atom. The summed E-state index contributed by atoms with van der Waals surface area (Å²) >= 11 is 0. The minimum atomic E-state index is -0.872. The van der Waals surface area contributed by atoms with Gasteiger partial charge in [0.25, 0.3) is 5.91 Å². The summed E-state index contributed by atoms with van der Waals surface area (Å²) in [5.41, 5.74) is 1.08. The molecule has 2 atom stereocenters. The van der Waals surface area contributed by atoms with Crippen LogP contribution in [-0.4, -0.2) is 67.3 Å². The Bertz CT molecular complexity index is 547. The number of hydrogen-bond acceptors (Lipinski definition) is 5. The topological polar surface area (TPSA) is 83.0 Å². The molecule has 1 amide bonds. The number of carbonyl (C=O) groups excluding carboxylic acids is 1. The summed E-state index contributed by atoms with van der Waals surface area (Å²) in [5.74, 6) is -1.64. The molecule has 21 heavy (non-hydrogen) atoms. The molecule has 0 aliphatic carbocycles. The lowest BCUT2D eigenvalue weighted by Crippen LogP contribution is -2.41. The van der Waals surface area contributed by atoms with Crippen LogP contribution < -0.4 is 4.90 Å². The molecule has 114 valence electrons. The number of carboxylic acid groups (broad SMARTS) is 1. The molecule has 2 rings (SSSR count). The number of rotatable bonds is 4. The number of hydrogen-bond donors (Lipinski definition) is 1.